The second kappa shape index (κ2) is 9.26. The van der Waals surface area contributed by atoms with E-state index in [0.717, 1.165) is 22.3 Å². The predicted octanol–water partition coefficient (Wildman–Crippen LogP) is 2.79. The van der Waals surface area contributed by atoms with Gasteiger partial charge in [0.15, 0.2) is 6.61 Å². The Balaban J connectivity index is 1.55. The predicted molar refractivity (Wildman–Crippen MR) is 113 cm³/mol. The molecule has 0 spiro atoms. The van der Waals surface area contributed by atoms with Crippen LogP contribution in [0, 0.1) is 13.8 Å². The average molecular weight is 407 g/mol. The molecule has 0 aliphatic carbocycles. The van der Waals surface area contributed by atoms with Crippen molar-refractivity contribution < 1.29 is 19.1 Å². The maximum Gasteiger partial charge on any atom is 0.276 e. The van der Waals surface area contributed by atoms with Gasteiger partial charge in [0.2, 0.25) is 11.8 Å². The highest BCUT2D eigenvalue weighted by Gasteiger charge is 2.28. The summed E-state index contributed by atoms with van der Waals surface area (Å²) in [5.74, 6) is -0.420. The van der Waals surface area contributed by atoms with Gasteiger partial charge in [-0.3, -0.25) is 25.2 Å². The number of aryl methyl sites for hydroxylation is 2. The fourth-order valence-corrected chi connectivity index (χ4v) is 3.32. The molecule has 0 radical (unpaired) electrons. The van der Waals surface area contributed by atoms with Crippen LogP contribution in [0.1, 0.15) is 41.6 Å². The van der Waals surface area contributed by atoms with Crippen molar-refractivity contribution in [1.82, 2.24) is 15.8 Å². The standard InChI is InChI=1S/C23H25N3O4/c1-15-8-9-16(2)21(12-15)30-14-23(29)25-24-22(28)13-20-19-7-5-4-6-18(19)10-11-26(20)17(3)27/h4-12,20H,13-14H2,1-3H3,(H,24,28)(H,25,29)/t20-/m0/s1. The van der Waals surface area contributed by atoms with Gasteiger partial charge >= 0.3 is 0 Å². The summed E-state index contributed by atoms with van der Waals surface area (Å²) in [6.45, 7) is 5.07. The van der Waals surface area contributed by atoms with Crippen LogP contribution in [-0.2, 0) is 14.4 Å². The normalized spacial score (nSPS) is 14.6. The van der Waals surface area contributed by atoms with Crippen LogP contribution in [0.3, 0.4) is 0 Å². The highest BCUT2D eigenvalue weighted by molar-refractivity contribution is 5.84. The molecule has 1 aliphatic rings. The zero-order valence-electron chi connectivity index (χ0n) is 17.3. The van der Waals surface area contributed by atoms with Gasteiger partial charge in [0.1, 0.15) is 5.75 Å². The van der Waals surface area contributed by atoms with Crippen molar-refractivity contribution in [2.45, 2.75) is 33.2 Å². The van der Waals surface area contributed by atoms with Gasteiger partial charge in [-0.2, -0.15) is 0 Å². The summed E-state index contributed by atoms with van der Waals surface area (Å²) in [6, 6.07) is 12.9. The van der Waals surface area contributed by atoms with E-state index >= 15 is 0 Å². The van der Waals surface area contributed by atoms with E-state index in [2.05, 4.69) is 10.9 Å². The minimum Gasteiger partial charge on any atom is -0.483 e. The Morgan fingerprint density at radius 3 is 2.53 bits per heavy atom. The summed E-state index contributed by atoms with van der Waals surface area (Å²) in [7, 11) is 0. The molecule has 0 aromatic heterocycles. The van der Waals surface area contributed by atoms with Crippen molar-refractivity contribution in [3.63, 3.8) is 0 Å². The number of nitrogens with zero attached hydrogens (tertiary/aromatic N) is 1. The molecule has 30 heavy (non-hydrogen) atoms. The second-order valence-electron chi connectivity index (χ2n) is 7.24. The van der Waals surface area contributed by atoms with Gasteiger partial charge in [0.25, 0.3) is 5.91 Å². The van der Waals surface area contributed by atoms with E-state index in [4.69, 9.17) is 4.74 Å². The van der Waals surface area contributed by atoms with E-state index in [1.165, 1.54) is 11.8 Å². The average Bonchev–Trinajstić information content (AvgIpc) is 2.73. The molecule has 7 nitrogen and oxygen atoms in total. The van der Waals surface area contributed by atoms with Gasteiger partial charge in [0, 0.05) is 13.1 Å². The Morgan fingerprint density at radius 2 is 1.77 bits per heavy atom. The Labute approximate surface area is 175 Å². The summed E-state index contributed by atoms with van der Waals surface area (Å²) in [5.41, 5.74) is 8.55. The Morgan fingerprint density at radius 1 is 1.03 bits per heavy atom. The lowest BCUT2D eigenvalue weighted by molar-refractivity contribution is -0.132. The van der Waals surface area contributed by atoms with Crippen LogP contribution in [-0.4, -0.2) is 29.2 Å². The molecule has 2 N–H and O–H groups in total. The number of hydrogen-bond donors (Lipinski definition) is 2. The number of hydrazine groups is 1. The molecule has 0 saturated heterocycles. The Kier molecular flexibility index (Phi) is 6.51. The first kappa shape index (κ1) is 21.1. The van der Waals surface area contributed by atoms with Crippen molar-refractivity contribution in [3.05, 3.63) is 70.9 Å². The molecule has 0 fully saturated rings. The van der Waals surface area contributed by atoms with E-state index in [9.17, 15) is 14.4 Å². The number of carbonyl (C=O) groups is 3. The number of ether oxygens (including phenoxy) is 1. The third kappa shape index (κ3) is 5.05. The molecule has 3 rings (SSSR count). The number of rotatable bonds is 5. The molecule has 1 aliphatic heterocycles. The topological polar surface area (TPSA) is 87.7 Å². The van der Waals surface area contributed by atoms with Crippen LogP contribution in [0.15, 0.2) is 48.7 Å². The third-order valence-electron chi connectivity index (χ3n) is 4.89. The molecule has 7 heteroatoms. The van der Waals surface area contributed by atoms with Gasteiger partial charge in [-0.1, -0.05) is 36.4 Å². The molecule has 3 amide bonds. The number of hydrogen-bond acceptors (Lipinski definition) is 4. The maximum absolute atomic E-state index is 12.4. The second-order valence-corrected chi connectivity index (χ2v) is 7.24. The lowest BCUT2D eigenvalue weighted by Crippen LogP contribution is -2.45. The number of nitrogens with one attached hydrogen (secondary N) is 2. The lowest BCUT2D eigenvalue weighted by atomic mass is 9.93. The molecule has 2 aromatic rings. The number of carbonyl (C=O) groups excluding carboxylic acids is 3. The summed E-state index contributed by atoms with van der Waals surface area (Å²) >= 11 is 0. The lowest BCUT2D eigenvalue weighted by Gasteiger charge is -2.32. The van der Waals surface area contributed by atoms with Crippen molar-refractivity contribution >= 4 is 23.8 Å². The summed E-state index contributed by atoms with van der Waals surface area (Å²) in [5, 5.41) is 0. The highest BCUT2D eigenvalue weighted by atomic mass is 16.5. The van der Waals surface area contributed by atoms with Crippen LogP contribution in [0.25, 0.3) is 6.08 Å². The van der Waals surface area contributed by atoms with Gasteiger partial charge in [-0.15, -0.1) is 0 Å². The van der Waals surface area contributed by atoms with Crippen LogP contribution in [0.4, 0.5) is 0 Å². The zero-order valence-corrected chi connectivity index (χ0v) is 17.3. The first-order valence-corrected chi connectivity index (χ1v) is 9.69. The molecular weight excluding hydrogens is 382 g/mol. The van der Waals surface area contributed by atoms with Crippen molar-refractivity contribution in [1.29, 1.82) is 0 Å². The molecular formula is C23H25N3O4. The van der Waals surface area contributed by atoms with Crippen LogP contribution >= 0.6 is 0 Å². The SMILES string of the molecule is CC(=O)N1C=Cc2ccccc2[C@@H]1CC(=O)NNC(=O)COc1cc(C)ccc1C. The van der Waals surface area contributed by atoms with Crippen molar-refractivity contribution in [2.75, 3.05) is 6.61 Å². The van der Waals surface area contributed by atoms with E-state index in [1.54, 1.807) is 6.20 Å². The van der Waals surface area contributed by atoms with E-state index in [1.807, 2.05) is 62.4 Å². The Hall–Kier alpha value is -3.61. The first-order chi connectivity index (χ1) is 14.3. The van der Waals surface area contributed by atoms with Crippen molar-refractivity contribution in [3.8, 4) is 5.75 Å². The van der Waals surface area contributed by atoms with Gasteiger partial charge in [-0.25, -0.2) is 0 Å². The molecule has 0 bridgehead atoms. The summed E-state index contributed by atoms with van der Waals surface area (Å²) < 4.78 is 5.53. The molecule has 0 saturated carbocycles. The van der Waals surface area contributed by atoms with Gasteiger partial charge in [0.05, 0.1) is 12.5 Å². The minimum atomic E-state index is -0.475. The largest absolute Gasteiger partial charge is 0.483 e. The molecule has 1 heterocycles. The molecule has 0 unspecified atom stereocenters. The number of benzene rings is 2. The first-order valence-electron chi connectivity index (χ1n) is 9.69. The molecule has 1 atom stereocenters. The number of fused-ring (bicyclic) bond motifs is 1. The van der Waals surface area contributed by atoms with Gasteiger partial charge < -0.3 is 9.64 Å². The van der Waals surface area contributed by atoms with Crippen LogP contribution in [0.5, 0.6) is 5.75 Å². The minimum absolute atomic E-state index is 0.0130. The van der Waals surface area contributed by atoms with Crippen LogP contribution in [0.2, 0.25) is 0 Å². The number of amides is 3. The fraction of sp³-hybridized carbons (Fsp3) is 0.261. The molecule has 2 aromatic carbocycles. The fourth-order valence-electron chi connectivity index (χ4n) is 3.32. The smallest absolute Gasteiger partial charge is 0.276 e. The monoisotopic (exact) mass is 407 g/mol. The van der Waals surface area contributed by atoms with E-state index in [0.29, 0.717) is 5.75 Å². The van der Waals surface area contributed by atoms with E-state index in [-0.39, 0.29) is 18.9 Å². The maximum atomic E-state index is 12.4. The van der Waals surface area contributed by atoms with Crippen molar-refractivity contribution in [2.24, 2.45) is 0 Å². The van der Waals surface area contributed by atoms with Gasteiger partial charge in [-0.05, 0) is 48.2 Å². The van der Waals surface area contributed by atoms with E-state index < -0.39 is 17.9 Å². The van der Waals surface area contributed by atoms with Crippen LogP contribution < -0.4 is 15.6 Å². The zero-order chi connectivity index (χ0) is 21.7. The summed E-state index contributed by atoms with van der Waals surface area (Å²) in [6.07, 6.45) is 3.54. The quantitative estimate of drug-likeness (QED) is 0.746. The Bertz CT molecular complexity index is 1000. The summed E-state index contributed by atoms with van der Waals surface area (Å²) in [4.78, 5) is 38.0. The third-order valence-corrected chi connectivity index (χ3v) is 4.89. The molecule has 156 valence electrons. The highest BCUT2D eigenvalue weighted by Crippen LogP contribution is 2.32.